The highest BCUT2D eigenvalue weighted by atomic mass is 16.5. The van der Waals surface area contributed by atoms with Crippen molar-refractivity contribution in [1.82, 2.24) is 10.2 Å². The minimum atomic E-state index is -0.743. The molecule has 3 atom stereocenters. The molecule has 0 spiro atoms. The lowest BCUT2D eigenvalue weighted by Crippen LogP contribution is -2.45. The van der Waals surface area contributed by atoms with Crippen LogP contribution in [0, 0.1) is 23.2 Å². The van der Waals surface area contributed by atoms with Gasteiger partial charge in [0, 0.05) is 31.3 Å². The molecule has 2 aliphatic rings. The van der Waals surface area contributed by atoms with Crippen LogP contribution in [-0.2, 0) is 19.1 Å². The third-order valence-corrected chi connectivity index (χ3v) is 4.95. The van der Waals surface area contributed by atoms with Crippen LogP contribution in [0.1, 0.15) is 38.5 Å². The summed E-state index contributed by atoms with van der Waals surface area (Å²) in [5, 5.41) is 11.9. The van der Waals surface area contributed by atoms with Gasteiger partial charge in [0.2, 0.25) is 17.7 Å². The molecular weight excluding hydrogens is 324 g/mol. The van der Waals surface area contributed by atoms with Crippen molar-refractivity contribution in [2.45, 2.75) is 44.6 Å². The third-order valence-electron chi connectivity index (χ3n) is 4.95. The Morgan fingerprint density at radius 3 is 2.44 bits per heavy atom. The Kier molecular flexibility index (Phi) is 7.19. The average molecular weight is 350 g/mol. The van der Waals surface area contributed by atoms with Gasteiger partial charge in [0.05, 0.1) is 19.3 Å². The Balaban J connectivity index is 1.83. The maximum Gasteiger partial charge on any atom is 0.224 e. The average Bonchev–Trinajstić information content (AvgIpc) is 2.65. The van der Waals surface area contributed by atoms with Crippen LogP contribution in [0.2, 0.25) is 0 Å². The van der Waals surface area contributed by atoms with E-state index in [1.54, 1.807) is 4.90 Å². The van der Waals surface area contributed by atoms with Crippen molar-refractivity contribution < 1.29 is 19.1 Å². The van der Waals surface area contributed by atoms with Crippen LogP contribution in [0.15, 0.2) is 0 Å². The van der Waals surface area contributed by atoms with Gasteiger partial charge in [-0.15, -0.1) is 0 Å². The van der Waals surface area contributed by atoms with Gasteiger partial charge in [-0.1, -0.05) is 12.8 Å². The van der Waals surface area contributed by atoms with E-state index in [1.165, 1.54) is 0 Å². The molecule has 0 radical (unpaired) electrons. The number of hydrogen-bond acceptors (Lipinski definition) is 5. The number of carbonyl (C=O) groups is 3. The molecule has 2 fully saturated rings. The summed E-state index contributed by atoms with van der Waals surface area (Å²) in [5.41, 5.74) is 5.40. The van der Waals surface area contributed by atoms with Gasteiger partial charge in [0.1, 0.15) is 6.04 Å². The summed E-state index contributed by atoms with van der Waals surface area (Å²) in [6.07, 6.45) is 3.42. The molecule has 0 bridgehead atoms. The van der Waals surface area contributed by atoms with E-state index in [0.717, 1.165) is 12.8 Å². The van der Waals surface area contributed by atoms with E-state index < -0.39 is 23.8 Å². The predicted molar refractivity (Wildman–Crippen MR) is 88.8 cm³/mol. The molecule has 0 unspecified atom stereocenters. The number of nitriles is 1. The third kappa shape index (κ3) is 5.43. The van der Waals surface area contributed by atoms with E-state index in [9.17, 15) is 19.6 Å². The van der Waals surface area contributed by atoms with Gasteiger partial charge in [-0.25, -0.2) is 0 Å². The molecule has 1 aliphatic carbocycles. The van der Waals surface area contributed by atoms with Crippen LogP contribution >= 0.6 is 0 Å². The highest BCUT2D eigenvalue weighted by Crippen LogP contribution is 2.30. The summed E-state index contributed by atoms with van der Waals surface area (Å²) in [5.74, 6) is -1.75. The first-order valence-electron chi connectivity index (χ1n) is 8.87. The molecule has 8 heteroatoms. The van der Waals surface area contributed by atoms with E-state index >= 15 is 0 Å². The van der Waals surface area contributed by atoms with Gasteiger partial charge < -0.3 is 20.7 Å². The second-order valence-electron chi connectivity index (χ2n) is 6.62. The Morgan fingerprint density at radius 1 is 1.20 bits per heavy atom. The number of nitrogens with one attached hydrogen (secondary N) is 1. The van der Waals surface area contributed by atoms with Crippen molar-refractivity contribution in [2.75, 3.05) is 26.3 Å². The number of nitrogens with two attached hydrogens (primary N) is 1. The highest BCUT2D eigenvalue weighted by Gasteiger charge is 2.35. The Bertz CT molecular complexity index is 539. The first-order valence-corrected chi connectivity index (χ1v) is 8.87. The Labute approximate surface area is 147 Å². The van der Waals surface area contributed by atoms with Gasteiger partial charge in [-0.05, 0) is 19.3 Å². The fourth-order valence-corrected chi connectivity index (χ4v) is 3.47. The van der Waals surface area contributed by atoms with E-state index in [1.807, 2.05) is 6.07 Å². The second-order valence-corrected chi connectivity index (χ2v) is 6.62. The lowest BCUT2D eigenvalue weighted by Gasteiger charge is -2.29. The topological polar surface area (TPSA) is 126 Å². The minimum Gasteiger partial charge on any atom is -0.378 e. The number of carbonyl (C=O) groups excluding carboxylic acids is 3. The van der Waals surface area contributed by atoms with Gasteiger partial charge in [-0.2, -0.15) is 5.26 Å². The van der Waals surface area contributed by atoms with Crippen molar-refractivity contribution in [3.63, 3.8) is 0 Å². The number of rotatable bonds is 6. The number of primary amides is 1. The quantitative estimate of drug-likeness (QED) is 0.693. The second kappa shape index (κ2) is 9.37. The monoisotopic (exact) mass is 350 g/mol. The smallest absolute Gasteiger partial charge is 0.224 e. The summed E-state index contributed by atoms with van der Waals surface area (Å²) < 4.78 is 5.20. The van der Waals surface area contributed by atoms with Crippen molar-refractivity contribution in [2.24, 2.45) is 17.6 Å². The summed E-state index contributed by atoms with van der Waals surface area (Å²) >= 11 is 0. The molecular formula is C17H26N4O4. The van der Waals surface area contributed by atoms with Crippen LogP contribution in [0.5, 0.6) is 0 Å². The van der Waals surface area contributed by atoms with E-state index in [-0.39, 0.29) is 24.7 Å². The summed E-state index contributed by atoms with van der Waals surface area (Å²) in [6.45, 7) is 2.18. The molecule has 138 valence electrons. The molecule has 3 N–H and O–H groups in total. The van der Waals surface area contributed by atoms with Crippen molar-refractivity contribution in [1.29, 1.82) is 5.26 Å². The zero-order valence-corrected chi connectivity index (χ0v) is 14.4. The SMILES string of the molecule is N#C[C@H](CCC(=O)N1CCOCC1)NC(=O)[C@@H]1CCCC[C@@H]1C(N)=O. The summed E-state index contributed by atoms with van der Waals surface area (Å²) in [4.78, 5) is 37.8. The van der Waals surface area contributed by atoms with Gasteiger partial charge in [-0.3, -0.25) is 14.4 Å². The number of nitrogens with zero attached hydrogens (tertiary/aromatic N) is 2. The number of morpholine rings is 1. The molecule has 8 nitrogen and oxygen atoms in total. The van der Waals surface area contributed by atoms with Crippen LogP contribution in [-0.4, -0.2) is 55.0 Å². The fourth-order valence-electron chi connectivity index (χ4n) is 3.47. The molecule has 1 heterocycles. The Morgan fingerprint density at radius 2 is 1.84 bits per heavy atom. The van der Waals surface area contributed by atoms with Crippen LogP contribution in [0.4, 0.5) is 0 Å². The molecule has 0 aromatic carbocycles. The van der Waals surface area contributed by atoms with Gasteiger partial charge in [0.25, 0.3) is 0 Å². The zero-order valence-electron chi connectivity index (χ0n) is 14.4. The maximum absolute atomic E-state index is 12.4. The van der Waals surface area contributed by atoms with Crippen molar-refractivity contribution in [3.05, 3.63) is 0 Å². The molecule has 1 saturated heterocycles. The standard InChI is InChI=1S/C17H26N4O4/c18-11-12(5-6-15(22)21-7-9-25-10-8-21)20-17(24)14-4-2-1-3-13(14)16(19)23/h12-14H,1-10H2,(H2,19,23)(H,20,24)/t12-,13-,14+/m0/s1. The van der Waals surface area contributed by atoms with Gasteiger partial charge >= 0.3 is 0 Å². The lowest BCUT2D eigenvalue weighted by molar-refractivity contribution is -0.136. The molecule has 1 aliphatic heterocycles. The molecule has 25 heavy (non-hydrogen) atoms. The predicted octanol–water partition coefficient (Wildman–Crippen LogP) is -0.0745. The van der Waals surface area contributed by atoms with Crippen LogP contribution in [0.25, 0.3) is 0 Å². The van der Waals surface area contributed by atoms with Crippen LogP contribution < -0.4 is 11.1 Å². The van der Waals surface area contributed by atoms with E-state index in [2.05, 4.69) is 5.32 Å². The van der Waals surface area contributed by atoms with Gasteiger partial charge in [0.15, 0.2) is 0 Å². The molecule has 2 rings (SSSR count). The largest absolute Gasteiger partial charge is 0.378 e. The van der Waals surface area contributed by atoms with Crippen molar-refractivity contribution >= 4 is 17.7 Å². The Hall–Kier alpha value is -2.14. The molecule has 1 saturated carbocycles. The highest BCUT2D eigenvalue weighted by molar-refractivity contribution is 5.87. The van der Waals surface area contributed by atoms with E-state index in [0.29, 0.717) is 39.1 Å². The fraction of sp³-hybridized carbons (Fsp3) is 0.765. The number of ether oxygens (including phenoxy) is 1. The normalized spacial score (nSPS) is 24.8. The first-order chi connectivity index (χ1) is 12.0. The minimum absolute atomic E-state index is 0.0366. The number of amides is 3. The summed E-state index contributed by atoms with van der Waals surface area (Å²) in [7, 11) is 0. The molecule has 0 aromatic rings. The molecule has 3 amide bonds. The van der Waals surface area contributed by atoms with Crippen LogP contribution in [0.3, 0.4) is 0 Å². The zero-order chi connectivity index (χ0) is 18.2. The molecule has 0 aromatic heterocycles. The first kappa shape index (κ1) is 19.2. The lowest BCUT2D eigenvalue weighted by atomic mass is 9.78. The number of hydrogen-bond donors (Lipinski definition) is 2. The van der Waals surface area contributed by atoms with E-state index in [4.69, 9.17) is 10.5 Å². The maximum atomic E-state index is 12.4. The van der Waals surface area contributed by atoms with Crippen molar-refractivity contribution in [3.8, 4) is 6.07 Å². The summed E-state index contributed by atoms with van der Waals surface area (Å²) in [6, 6.07) is 1.29.